The number of imidazole rings is 1. The largest absolute Gasteiger partial charge is 0.337 e. The molecule has 5 nitrogen and oxygen atoms in total. The molecule has 2 heterocycles. The van der Waals surface area contributed by atoms with Crippen LogP contribution in [0.5, 0.6) is 0 Å². The van der Waals surface area contributed by atoms with E-state index in [1.54, 1.807) is 0 Å². The predicted molar refractivity (Wildman–Crippen MR) is 79.2 cm³/mol. The lowest BCUT2D eigenvalue weighted by atomic mass is 10.2. The van der Waals surface area contributed by atoms with Gasteiger partial charge in [-0.25, -0.2) is 4.98 Å². The van der Waals surface area contributed by atoms with Gasteiger partial charge < -0.3 is 9.88 Å². The monoisotopic (exact) mass is 269 g/mol. The van der Waals surface area contributed by atoms with Crippen molar-refractivity contribution in [1.29, 1.82) is 0 Å². The molecule has 1 unspecified atom stereocenters. The predicted octanol–water partition coefficient (Wildman–Crippen LogP) is 2.16. The lowest BCUT2D eigenvalue weighted by Gasteiger charge is -2.12. The number of aryl methyl sites for hydroxylation is 2. The Labute approximate surface area is 118 Å². The van der Waals surface area contributed by atoms with Crippen molar-refractivity contribution in [2.75, 3.05) is 0 Å². The van der Waals surface area contributed by atoms with Crippen molar-refractivity contribution in [2.24, 2.45) is 14.1 Å². The zero-order valence-corrected chi connectivity index (χ0v) is 12.0. The van der Waals surface area contributed by atoms with Gasteiger partial charge in [-0.2, -0.15) is 5.10 Å². The lowest BCUT2D eigenvalue weighted by Crippen LogP contribution is -2.21. The Kier molecular flexibility index (Phi) is 3.28. The van der Waals surface area contributed by atoms with Crippen LogP contribution < -0.4 is 5.32 Å². The quantitative estimate of drug-likeness (QED) is 0.789. The minimum Gasteiger partial charge on any atom is -0.337 e. The Morgan fingerprint density at radius 2 is 2.05 bits per heavy atom. The van der Waals surface area contributed by atoms with Crippen molar-refractivity contribution in [3.05, 3.63) is 48.2 Å². The number of aromatic nitrogens is 4. The van der Waals surface area contributed by atoms with Crippen LogP contribution in [-0.4, -0.2) is 19.3 Å². The summed E-state index contributed by atoms with van der Waals surface area (Å²) in [5, 5.41) is 9.28. The molecule has 0 amide bonds. The first-order valence-corrected chi connectivity index (χ1v) is 6.78. The average molecular weight is 269 g/mol. The molecular formula is C15H19N5. The summed E-state index contributed by atoms with van der Waals surface area (Å²) < 4.78 is 3.96. The molecule has 1 aromatic carbocycles. The number of fused-ring (bicyclic) bond motifs is 1. The highest BCUT2D eigenvalue weighted by molar-refractivity contribution is 5.81. The minimum atomic E-state index is 0.191. The molecular weight excluding hydrogens is 250 g/mol. The van der Waals surface area contributed by atoms with E-state index in [1.165, 1.54) is 5.39 Å². The fourth-order valence-corrected chi connectivity index (χ4v) is 2.55. The first-order chi connectivity index (χ1) is 9.66. The molecule has 3 rings (SSSR count). The van der Waals surface area contributed by atoms with E-state index in [9.17, 15) is 0 Å². The first-order valence-electron chi connectivity index (χ1n) is 6.78. The van der Waals surface area contributed by atoms with Gasteiger partial charge in [-0.15, -0.1) is 0 Å². The van der Waals surface area contributed by atoms with Gasteiger partial charge in [0.05, 0.1) is 17.3 Å². The Balaban J connectivity index is 1.79. The molecule has 0 aliphatic carbocycles. The molecule has 0 saturated carbocycles. The summed E-state index contributed by atoms with van der Waals surface area (Å²) in [5.41, 5.74) is 2.23. The van der Waals surface area contributed by atoms with Gasteiger partial charge in [0.2, 0.25) is 0 Å². The van der Waals surface area contributed by atoms with Gasteiger partial charge in [-0.3, -0.25) is 4.68 Å². The van der Waals surface area contributed by atoms with Crippen LogP contribution in [0.25, 0.3) is 10.9 Å². The van der Waals surface area contributed by atoms with Crippen LogP contribution in [0.1, 0.15) is 24.5 Å². The van der Waals surface area contributed by atoms with Gasteiger partial charge >= 0.3 is 0 Å². The van der Waals surface area contributed by atoms with Crippen molar-refractivity contribution in [3.63, 3.8) is 0 Å². The molecule has 1 N–H and O–H groups in total. The number of hydrogen-bond donors (Lipinski definition) is 1. The molecule has 0 bridgehead atoms. The number of rotatable bonds is 4. The van der Waals surface area contributed by atoms with E-state index in [-0.39, 0.29) is 6.04 Å². The molecule has 104 valence electrons. The van der Waals surface area contributed by atoms with E-state index >= 15 is 0 Å². The minimum absolute atomic E-state index is 0.191. The topological polar surface area (TPSA) is 47.7 Å². The Morgan fingerprint density at radius 1 is 1.25 bits per heavy atom. The van der Waals surface area contributed by atoms with E-state index in [0.29, 0.717) is 0 Å². The molecule has 0 saturated heterocycles. The Hall–Kier alpha value is -2.14. The van der Waals surface area contributed by atoms with Crippen LogP contribution in [0.4, 0.5) is 0 Å². The first kappa shape index (κ1) is 12.9. The van der Waals surface area contributed by atoms with Crippen molar-refractivity contribution in [3.8, 4) is 0 Å². The zero-order valence-electron chi connectivity index (χ0n) is 12.0. The van der Waals surface area contributed by atoms with Gasteiger partial charge in [0.15, 0.2) is 0 Å². The highest BCUT2D eigenvalue weighted by Gasteiger charge is 2.12. The molecule has 1 atom stereocenters. The van der Waals surface area contributed by atoms with Gasteiger partial charge in [-0.05, 0) is 13.0 Å². The normalized spacial score (nSPS) is 12.9. The molecule has 3 aromatic rings. The molecule has 2 aromatic heterocycles. The van der Waals surface area contributed by atoms with E-state index < -0.39 is 0 Å². The summed E-state index contributed by atoms with van der Waals surface area (Å²) in [6.07, 6.45) is 3.79. The van der Waals surface area contributed by atoms with Gasteiger partial charge in [0, 0.05) is 38.4 Å². The van der Waals surface area contributed by atoms with Crippen LogP contribution in [0.15, 0.2) is 36.7 Å². The summed E-state index contributed by atoms with van der Waals surface area (Å²) in [4.78, 5) is 4.37. The number of benzene rings is 1. The second kappa shape index (κ2) is 5.09. The van der Waals surface area contributed by atoms with E-state index in [4.69, 9.17) is 0 Å². The van der Waals surface area contributed by atoms with Crippen molar-refractivity contribution < 1.29 is 0 Å². The molecule has 20 heavy (non-hydrogen) atoms. The van der Waals surface area contributed by atoms with Crippen molar-refractivity contribution in [1.82, 2.24) is 24.6 Å². The third kappa shape index (κ3) is 2.20. The van der Waals surface area contributed by atoms with E-state index in [1.807, 2.05) is 41.8 Å². The number of nitrogens with zero attached hydrogens (tertiary/aromatic N) is 4. The number of para-hydroxylation sites is 1. The summed E-state index contributed by atoms with van der Waals surface area (Å²) in [6.45, 7) is 2.85. The average Bonchev–Trinajstić information content (AvgIpc) is 3.01. The Bertz CT molecular complexity index is 725. The van der Waals surface area contributed by atoms with Crippen LogP contribution in [0.3, 0.4) is 0 Å². The Morgan fingerprint density at radius 3 is 2.80 bits per heavy atom. The maximum atomic E-state index is 4.59. The van der Waals surface area contributed by atoms with Crippen molar-refractivity contribution in [2.45, 2.75) is 19.5 Å². The summed E-state index contributed by atoms with van der Waals surface area (Å²) >= 11 is 0. The highest BCUT2D eigenvalue weighted by atomic mass is 15.3. The summed E-state index contributed by atoms with van der Waals surface area (Å²) in [6, 6.07) is 8.49. The number of nitrogens with one attached hydrogen (secondary N) is 1. The summed E-state index contributed by atoms with van der Waals surface area (Å²) in [7, 11) is 3.99. The van der Waals surface area contributed by atoms with Crippen molar-refractivity contribution >= 4 is 10.9 Å². The van der Waals surface area contributed by atoms with E-state index in [2.05, 4.69) is 40.5 Å². The van der Waals surface area contributed by atoms with Gasteiger partial charge in [-0.1, -0.05) is 18.2 Å². The van der Waals surface area contributed by atoms with Gasteiger partial charge in [0.1, 0.15) is 5.82 Å². The molecule has 0 aliphatic heterocycles. The van der Waals surface area contributed by atoms with Gasteiger partial charge in [0.25, 0.3) is 0 Å². The molecule has 0 aliphatic rings. The molecule has 0 fully saturated rings. The standard InChI is InChI=1S/C15H19N5/c1-11(15-16-8-9-19(15)2)17-10-13-12-6-4-5-7-14(12)20(3)18-13/h4-9,11,17H,10H2,1-3H3. The maximum Gasteiger partial charge on any atom is 0.125 e. The van der Waals surface area contributed by atoms with Crippen LogP contribution >= 0.6 is 0 Å². The smallest absolute Gasteiger partial charge is 0.125 e. The molecule has 0 spiro atoms. The fourth-order valence-electron chi connectivity index (χ4n) is 2.55. The fraction of sp³-hybridized carbons (Fsp3) is 0.333. The SMILES string of the molecule is CC(NCc1nn(C)c2ccccc12)c1nccn1C. The second-order valence-electron chi connectivity index (χ2n) is 5.09. The summed E-state index contributed by atoms with van der Waals surface area (Å²) in [5.74, 6) is 1.03. The molecule has 5 heteroatoms. The third-order valence-corrected chi connectivity index (χ3v) is 3.66. The van der Waals surface area contributed by atoms with Crippen LogP contribution in [0, 0.1) is 0 Å². The zero-order chi connectivity index (χ0) is 14.1. The number of hydrogen-bond acceptors (Lipinski definition) is 3. The lowest BCUT2D eigenvalue weighted by molar-refractivity contribution is 0.523. The highest BCUT2D eigenvalue weighted by Crippen LogP contribution is 2.18. The maximum absolute atomic E-state index is 4.59. The second-order valence-corrected chi connectivity index (χ2v) is 5.09. The van der Waals surface area contributed by atoms with Crippen LogP contribution in [0.2, 0.25) is 0 Å². The van der Waals surface area contributed by atoms with Crippen LogP contribution in [-0.2, 0) is 20.6 Å². The molecule has 0 radical (unpaired) electrons. The van der Waals surface area contributed by atoms with E-state index in [0.717, 1.165) is 23.6 Å². The third-order valence-electron chi connectivity index (χ3n) is 3.66.